The van der Waals surface area contributed by atoms with Gasteiger partial charge < -0.3 is 5.73 Å². The highest BCUT2D eigenvalue weighted by Gasteiger charge is 2.38. The summed E-state index contributed by atoms with van der Waals surface area (Å²) in [7, 11) is 0. The molecule has 0 amide bonds. The molecule has 1 fully saturated rings. The van der Waals surface area contributed by atoms with Crippen LogP contribution >= 0.6 is 11.3 Å². The van der Waals surface area contributed by atoms with E-state index in [0.717, 1.165) is 11.3 Å². The van der Waals surface area contributed by atoms with E-state index in [4.69, 9.17) is 5.73 Å². The first-order valence-electron chi connectivity index (χ1n) is 4.16. The summed E-state index contributed by atoms with van der Waals surface area (Å²) in [6.07, 6.45) is 1.09. The number of hydrogen-bond donors (Lipinski definition) is 1. The van der Waals surface area contributed by atoms with E-state index in [1.807, 2.05) is 6.07 Å². The first-order chi connectivity index (χ1) is 6.22. The molecule has 0 spiro atoms. The smallest absolute Gasteiger partial charge is 0.324 e. The Morgan fingerprint density at radius 2 is 2.46 bits per heavy atom. The van der Waals surface area contributed by atoms with Gasteiger partial charge >= 0.3 is 5.00 Å². The zero-order valence-corrected chi connectivity index (χ0v) is 7.79. The number of nitrogens with zero attached hydrogens (tertiary/aromatic N) is 1. The molecular formula is C8H10N2O2S. The Hall–Kier alpha value is -0.940. The van der Waals surface area contributed by atoms with Gasteiger partial charge in [0.2, 0.25) is 0 Å². The van der Waals surface area contributed by atoms with E-state index < -0.39 is 0 Å². The van der Waals surface area contributed by atoms with Gasteiger partial charge in [0.15, 0.2) is 0 Å². The monoisotopic (exact) mass is 198 g/mol. The summed E-state index contributed by atoms with van der Waals surface area (Å²) in [6, 6.07) is 3.43. The molecule has 1 heterocycles. The predicted molar refractivity (Wildman–Crippen MR) is 50.9 cm³/mol. The average Bonchev–Trinajstić information content (AvgIpc) is 2.73. The van der Waals surface area contributed by atoms with Gasteiger partial charge in [0, 0.05) is 10.9 Å². The van der Waals surface area contributed by atoms with Crippen LogP contribution in [-0.2, 0) is 0 Å². The second-order valence-corrected chi connectivity index (χ2v) is 4.36. The maximum atomic E-state index is 10.4. The lowest BCUT2D eigenvalue weighted by atomic mass is 10.3. The van der Waals surface area contributed by atoms with E-state index in [1.165, 1.54) is 11.3 Å². The Balaban J connectivity index is 2.11. The highest BCUT2D eigenvalue weighted by Crippen LogP contribution is 2.49. The van der Waals surface area contributed by atoms with Crippen molar-refractivity contribution in [3.63, 3.8) is 0 Å². The summed E-state index contributed by atoms with van der Waals surface area (Å²) >= 11 is 1.28. The normalized spacial score (nSPS) is 25.9. The Morgan fingerprint density at radius 1 is 1.69 bits per heavy atom. The van der Waals surface area contributed by atoms with Gasteiger partial charge in [-0.3, -0.25) is 10.1 Å². The fourth-order valence-corrected chi connectivity index (χ4v) is 2.52. The lowest BCUT2D eigenvalue weighted by Crippen LogP contribution is -2.01. The topological polar surface area (TPSA) is 69.2 Å². The van der Waals surface area contributed by atoms with Crippen molar-refractivity contribution in [1.29, 1.82) is 0 Å². The quantitative estimate of drug-likeness (QED) is 0.593. The highest BCUT2D eigenvalue weighted by atomic mass is 32.1. The molecule has 0 radical (unpaired) electrons. The highest BCUT2D eigenvalue weighted by molar-refractivity contribution is 7.15. The number of rotatable bonds is 3. The molecule has 70 valence electrons. The van der Waals surface area contributed by atoms with Crippen molar-refractivity contribution < 1.29 is 4.92 Å². The van der Waals surface area contributed by atoms with E-state index in [2.05, 4.69) is 0 Å². The largest absolute Gasteiger partial charge is 0.330 e. The third-order valence-electron chi connectivity index (χ3n) is 2.38. The fourth-order valence-electron chi connectivity index (χ4n) is 1.50. The molecule has 2 N–H and O–H groups in total. The molecule has 1 aliphatic carbocycles. The Morgan fingerprint density at radius 3 is 2.92 bits per heavy atom. The Bertz CT molecular complexity index is 337. The lowest BCUT2D eigenvalue weighted by molar-refractivity contribution is -0.380. The molecule has 1 aromatic heterocycles. The van der Waals surface area contributed by atoms with Crippen molar-refractivity contribution in [2.75, 3.05) is 6.54 Å². The molecule has 4 nitrogen and oxygen atoms in total. The van der Waals surface area contributed by atoms with E-state index in [1.54, 1.807) is 6.07 Å². The minimum atomic E-state index is -0.339. The molecule has 0 unspecified atom stereocenters. The number of nitrogens with two attached hydrogens (primary N) is 1. The van der Waals surface area contributed by atoms with Crippen molar-refractivity contribution in [3.8, 4) is 0 Å². The average molecular weight is 198 g/mol. The summed E-state index contributed by atoms with van der Waals surface area (Å²) in [5.41, 5.74) is 5.50. The zero-order valence-electron chi connectivity index (χ0n) is 6.97. The maximum absolute atomic E-state index is 10.4. The van der Waals surface area contributed by atoms with Crippen LogP contribution in [0.25, 0.3) is 0 Å². The van der Waals surface area contributed by atoms with Crippen LogP contribution in [0.1, 0.15) is 17.2 Å². The van der Waals surface area contributed by atoms with Crippen molar-refractivity contribution in [3.05, 3.63) is 27.1 Å². The predicted octanol–water partition coefficient (Wildman–Crippen LogP) is 1.72. The number of hydrogen-bond acceptors (Lipinski definition) is 4. The fraction of sp³-hybridized carbons (Fsp3) is 0.500. The Labute approximate surface area is 79.5 Å². The summed E-state index contributed by atoms with van der Waals surface area (Å²) in [4.78, 5) is 11.2. The molecule has 0 saturated heterocycles. The van der Waals surface area contributed by atoms with Gasteiger partial charge in [-0.2, -0.15) is 0 Å². The molecule has 5 heteroatoms. The molecule has 0 bridgehead atoms. The van der Waals surface area contributed by atoms with Crippen LogP contribution in [0.5, 0.6) is 0 Å². The van der Waals surface area contributed by atoms with Crippen molar-refractivity contribution in [1.82, 2.24) is 0 Å². The van der Waals surface area contributed by atoms with Crippen molar-refractivity contribution in [2.24, 2.45) is 11.7 Å². The van der Waals surface area contributed by atoms with Crippen LogP contribution < -0.4 is 5.73 Å². The van der Waals surface area contributed by atoms with E-state index >= 15 is 0 Å². The van der Waals surface area contributed by atoms with Gasteiger partial charge in [0.05, 0.1) is 4.92 Å². The molecule has 0 aromatic carbocycles. The van der Waals surface area contributed by atoms with Gasteiger partial charge in [-0.05, 0) is 30.9 Å². The van der Waals surface area contributed by atoms with Gasteiger partial charge in [-0.1, -0.05) is 11.3 Å². The van der Waals surface area contributed by atoms with Crippen molar-refractivity contribution >= 4 is 16.3 Å². The van der Waals surface area contributed by atoms with Crippen LogP contribution in [0.15, 0.2) is 12.1 Å². The molecule has 2 rings (SSSR count). The standard InChI is InChI=1S/C8H10N2O2S/c9-4-5-3-6(5)7-1-2-8(13-7)10(11)12/h1-2,5-6H,3-4,9H2/t5-,6+/m0/s1. The van der Waals surface area contributed by atoms with Crippen LogP contribution in [0.3, 0.4) is 0 Å². The number of nitro groups is 1. The maximum Gasteiger partial charge on any atom is 0.324 e. The first-order valence-corrected chi connectivity index (χ1v) is 4.98. The molecule has 0 aliphatic heterocycles. The van der Waals surface area contributed by atoms with Crippen LogP contribution in [-0.4, -0.2) is 11.5 Å². The molecule has 13 heavy (non-hydrogen) atoms. The summed E-state index contributed by atoms with van der Waals surface area (Å²) in [5, 5.41) is 10.6. The molecular weight excluding hydrogens is 188 g/mol. The van der Waals surface area contributed by atoms with Gasteiger partial charge in [0.25, 0.3) is 0 Å². The third-order valence-corrected chi connectivity index (χ3v) is 3.55. The van der Waals surface area contributed by atoms with Crippen molar-refractivity contribution in [2.45, 2.75) is 12.3 Å². The first kappa shape index (κ1) is 8.65. The summed E-state index contributed by atoms with van der Waals surface area (Å²) < 4.78 is 0. The molecule has 1 saturated carbocycles. The SMILES string of the molecule is NC[C@@H]1C[C@H]1c1ccc([N+](=O)[O-])s1. The van der Waals surface area contributed by atoms with E-state index in [0.29, 0.717) is 18.4 Å². The minimum Gasteiger partial charge on any atom is -0.330 e. The summed E-state index contributed by atoms with van der Waals surface area (Å²) in [6.45, 7) is 0.691. The van der Waals surface area contributed by atoms with E-state index in [9.17, 15) is 10.1 Å². The minimum absolute atomic E-state index is 0.234. The van der Waals surface area contributed by atoms with E-state index in [-0.39, 0.29) is 9.92 Å². The second kappa shape index (κ2) is 3.08. The molecule has 1 aliphatic rings. The molecule has 1 aromatic rings. The van der Waals surface area contributed by atoms with Crippen LogP contribution in [0.2, 0.25) is 0 Å². The number of thiophene rings is 1. The van der Waals surface area contributed by atoms with Crippen LogP contribution in [0.4, 0.5) is 5.00 Å². The second-order valence-electron chi connectivity index (χ2n) is 3.27. The summed E-state index contributed by atoms with van der Waals surface area (Å²) in [5.74, 6) is 1.04. The van der Waals surface area contributed by atoms with Gasteiger partial charge in [-0.15, -0.1) is 0 Å². The van der Waals surface area contributed by atoms with Crippen LogP contribution in [0, 0.1) is 16.0 Å². The Kier molecular flexibility index (Phi) is 2.05. The third kappa shape index (κ3) is 1.57. The lowest BCUT2D eigenvalue weighted by Gasteiger charge is -1.90. The van der Waals surface area contributed by atoms with Gasteiger partial charge in [0.1, 0.15) is 0 Å². The molecule has 2 atom stereocenters. The zero-order chi connectivity index (χ0) is 9.42. The van der Waals surface area contributed by atoms with Gasteiger partial charge in [-0.25, -0.2) is 0 Å².